The Morgan fingerprint density at radius 1 is 1.32 bits per heavy atom. The van der Waals surface area contributed by atoms with E-state index in [-0.39, 0.29) is 0 Å². The van der Waals surface area contributed by atoms with Crippen molar-refractivity contribution in [3.63, 3.8) is 0 Å². The third-order valence-corrected chi connectivity index (χ3v) is 4.10. The zero-order chi connectivity index (χ0) is 13.8. The molecule has 0 N–H and O–H groups in total. The first-order valence-corrected chi connectivity index (χ1v) is 7.24. The number of thiophene rings is 1. The van der Waals surface area contributed by atoms with Crippen LogP contribution in [0.2, 0.25) is 5.02 Å². The van der Waals surface area contributed by atoms with E-state index < -0.39 is 0 Å². The van der Waals surface area contributed by atoms with Crippen LogP contribution in [0.15, 0.2) is 30.3 Å². The lowest BCUT2D eigenvalue weighted by Crippen LogP contribution is -2.10. The monoisotopic (exact) mass is 293 g/mol. The van der Waals surface area contributed by atoms with E-state index in [1.54, 1.807) is 11.3 Å². The van der Waals surface area contributed by atoms with Crippen molar-refractivity contribution in [1.29, 1.82) is 0 Å². The van der Waals surface area contributed by atoms with Crippen LogP contribution >= 0.6 is 22.9 Å². The Balaban J connectivity index is 2.27. The van der Waals surface area contributed by atoms with Gasteiger partial charge in [-0.3, -0.25) is 4.79 Å². The van der Waals surface area contributed by atoms with Crippen LogP contribution in [0, 0.1) is 0 Å². The van der Waals surface area contributed by atoms with E-state index >= 15 is 0 Å². The smallest absolute Gasteiger partial charge is 0.160 e. The summed E-state index contributed by atoms with van der Waals surface area (Å²) < 4.78 is 0. The summed E-state index contributed by atoms with van der Waals surface area (Å²) in [5.74, 6) is 0. The maximum Gasteiger partial charge on any atom is 0.160 e. The molecule has 1 aromatic heterocycles. The van der Waals surface area contributed by atoms with Gasteiger partial charge in [0, 0.05) is 16.4 Å². The van der Waals surface area contributed by atoms with Gasteiger partial charge in [0.1, 0.15) is 0 Å². The van der Waals surface area contributed by atoms with Crippen molar-refractivity contribution in [2.45, 2.75) is 13.0 Å². The van der Waals surface area contributed by atoms with Gasteiger partial charge in [-0.2, -0.15) is 0 Å². The van der Waals surface area contributed by atoms with E-state index in [1.807, 2.05) is 38.4 Å². The summed E-state index contributed by atoms with van der Waals surface area (Å²) in [5, 5.41) is 0.748. The third kappa shape index (κ3) is 3.90. The molecule has 0 radical (unpaired) electrons. The molecule has 4 heteroatoms. The van der Waals surface area contributed by atoms with Gasteiger partial charge in [-0.05, 0) is 49.8 Å². The van der Waals surface area contributed by atoms with Gasteiger partial charge in [0.2, 0.25) is 0 Å². The van der Waals surface area contributed by atoms with Crippen molar-refractivity contribution in [2.75, 3.05) is 14.1 Å². The lowest BCUT2D eigenvalue weighted by atomic mass is 10.1. The van der Waals surface area contributed by atoms with Crippen LogP contribution in [-0.2, 0) is 13.0 Å². The summed E-state index contributed by atoms with van der Waals surface area (Å²) in [4.78, 5) is 15.1. The van der Waals surface area contributed by atoms with Crippen molar-refractivity contribution >= 4 is 29.2 Å². The fraction of sp³-hybridized carbons (Fsp3) is 0.267. The molecule has 0 aliphatic carbocycles. The Kier molecular flexibility index (Phi) is 4.75. The summed E-state index contributed by atoms with van der Waals surface area (Å²) in [6.45, 7) is 0.856. The molecule has 1 aromatic carbocycles. The van der Waals surface area contributed by atoms with E-state index in [2.05, 4.69) is 11.0 Å². The minimum absolute atomic E-state index is 0.748. The summed E-state index contributed by atoms with van der Waals surface area (Å²) in [7, 11) is 4.06. The average Bonchev–Trinajstić information content (AvgIpc) is 2.71. The molecule has 2 aromatic rings. The quantitative estimate of drug-likeness (QED) is 0.780. The average molecular weight is 294 g/mol. The Morgan fingerprint density at radius 2 is 2.11 bits per heavy atom. The molecule has 0 spiro atoms. The van der Waals surface area contributed by atoms with Gasteiger partial charge in [-0.15, -0.1) is 11.3 Å². The number of aldehydes is 1. The van der Waals surface area contributed by atoms with Crippen LogP contribution in [0.4, 0.5) is 0 Å². The Labute approximate surface area is 122 Å². The number of halogens is 1. The lowest BCUT2D eigenvalue weighted by Gasteiger charge is -2.10. The zero-order valence-electron chi connectivity index (χ0n) is 11.0. The molecule has 0 fully saturated rings. The van der Waals surface area contributed by atoms with E-state index in [0.717, 1.165) is 29.2 Å². The second-order valence-corrected chi connectivity index (χ2v) is 6.36. The molecule has 0 aliphatic rings. The second-order valence-electron chi connectivity index (χ2n) is 4.76. The van der Waals surface area contributed by atoms with Crippen molar-refractivity contribution < 1.29 is 4.79 Å². The van der Waals surface area contributed by atoms with Gasteiger partial charge in [-0.25, -0.2) is 0 Å². The lowest BCUT2D eigenvalue weighted by molar-refractivity contribution is 0.112. The standard InChI is InChI=1S/C15H16ClNOS/c1-17(2)9-15-12(8-14(10-18)19-15)6-11-4-3-5-13(16)7-11/h3-5,7-8,10H,6,9H2,1-2H3. The second kappa shape index (κ2) is 6.33. The first-order valence-electron chi connectivity index (χ1n) is 6.04. The first-order chi connectivity index (χ1) is 9.08. The van der Waals surface area contributed by atoms with Crippen LogP contribution in [0.25, 0.3) is 0 Å². The van der Waals surface area contributed by atoms with Crippen molar-refractivity contribution in [1.82, 2.24) is 4.90 Å². The molecule has 1 heterocycles. The molecule has 0 aliphatic heterocycles. The molecule has 0 amide bonds. The Morgan fingerprint density at radius 3 is 2.74 bits per heavy atom. The predicted molar refractivity (Wildman–Crippen MR) is 81.4 cm³/mol. The van der Waals surface area contributed by atoms with Crippen LogP contribution in [-0.4, -0.2) is 25.3 Å². The summed E-state index contributed by atoms with van der Waals surface area (Å²) >= 11 is 7.57. The normalized spacial score (nSPS) is 10.9. The molecular formula is C15H16ClNOS. The zero-order valence-corrected chi connectivity index (χ0v) is 12.6. The number of benzene rings is 1. The summed E-state index contributed by atoms with van der Waals surface area (Å²) in [6, 6.07) is 9.84. The van der Waals surface area contributed by atoms with E-state index in [0.29, 0.717) is 0 Å². The maximum atomic E-state index is 10.9. The van der Waals surface area contributed by atoms with E-state index in [1.165, 1.54) is 16.0 Å². The van der Waals surface area contributed by atoms with Gasteiger partial charge >= 0.3 is 0 Å². The van der Waals surface area contributed by atoms with E-state index in [4.69, 9.17) is 11.6 Å². The minimum Gasteiger partial charge on any atom is -0.304 e. The topological polar surface area (TPSA) is 20.3 Å². The fourth-order valence-electron chi connectivity index (χ4n) is 1.99. The minimum atomic E-state index is 0.748. The molecule has 0 bridgehead atoms. The molecule has 0 atom stereocenters. The molecule has 2 rings (SSSR count). The number of nitrogens with zero attached hydrogens (tertiary/aromatic N) is 1. The van der Waals surface area contributed by atoms with Crippen molar-refractivity contribution in [3.05, 3.63) is 56.2 Å². The molecule has 19 heavy (non-hydrogen) atoms. The number of hydrogen-bond acceptors (Lipinski definition) is 3. The van der Waals surface area contributed by atoms with Crippen LogP contribution in [0.5, 0.6) is 0 Å². The molecule has 0 saturated heterocycles. The summed E-state index contributed by atoms with van der Waals surface area (Å²) in [6.07, 6.45) is 1.74. The highest BCUT2D eigenvalue weighted by Crippen LogP contribution is 2.25. The van der Waals surface area contributed by atoms with E-state index in [9.17, 15) is 4.79 Å². The Bertz CT molecular complexity index is 577. The number of rotatable bonds is 5. The fourth-order valence-corrected chi connectivity index (χ4v) is 3.32. The maximum absolute atomic E-state index is 10.9. The van der Waals surface area contributed by atoms with Gasteiger partial charge in [0.15, 0.2) is 6.29 Å². The van der Waals surface area contributed by atoms with Crippen LogP contribution < -0.4 is 0 Å². The number of carbonyl (C=O) groups excluding carboxylic acids is 1. The van der Waals surface area contributed by atoms with Gasteiger partial charge in [-0.1, -0.05) is 23.7 Å². The van der Waals surface area contributed by atoms with Gasteiger partial charge in [0.05, 0.1) is 4.88 Å². The highest BCUT2D eigenvalue weighted by Gasteiger charge is 2.10. The van der Waals surface area contributed by atoms with Crippen molar-refractivity contribution in [3.8, 4) is 0 Å². The van der Waals surface area contributed by atoms with Gasteiger partial charge < -0.3 is 4.90 Å². The highest BCUT2D eigenvalue weighted by molar-refractivity contribution is 7.13. The van der Waals surface area contributed by atoms with Gasteiger partial charge in [0.25, 0.3) is 0 Å². The molecule has 2 nitrogen and oxygen atoms in total. The molecular weight excluding hydrogens is 278 g/mol. The first kappa shape index (κ1) is 14.3. The molecule has 0 saturated carbocycles. The summed E-state index contributed by atoms with van der Waals surface area (Å²) in [5.41, 5.74) is 2.38. The molecule has 0 unspecified atom stereocenters. The third-order valence-electron chi connectivity index (χ3n) is 2.78. The highest BCUT2D eigenvalue weighted by atomic mass is 35.5. The SMILES string of the molecule is CN(C)Cc1sc(C=O)cc1Cc1cccc(Cl)c1. The van der Waals surface area contributed by atoms with Crippen molar-refractivity contribution in [2.24, 2.45) is 0 Å². The van der Waals surface area contributed by atoms with Crippen LogP contribution in [0.1, 0.15) is 25.7 Å². The number of carbonyl (C=O) groups is 1. The Hall–Kier alpha value is -1.16. The number of hydrogen-bond donors (Lipinski definition) is 0. The molecule has 100 valence electrons. The predicted octanol–water partition coefficient (Wildman–Crippen LogP) is 3.87. The largest absolute Gasteiger partial charge is 0.304 e. The van der Waals surface area contributed by atoms with Crippen LogP contribution in [0.3, 0.4) is 0 Å².